The smallest absolute Gasteiger partial charge is 0.323 e. The zero-order chi connectivity index (χ0) is 41.6. The van der Waals surface area contributed by atoms with Crippen LogP contribution in [-0.4, -0.2) is 72.0 Å². The monoisotopic (exact) mass is 808 g/mol. The molecule has 1 rings (SSSR count). The number of carbonyl (C=O) groups excluding carboxylic acids is 3. The minimum absolute atomic E-state index is 0.0400. The Kier molecular flexibility index (Phi) is 36.1. The molecule has 1 unspecified atom stereocenters. The largest absolute Gasteiger partial charge is 0.465 e. The number of hydrogen-bond acceptors (Lipinski definition) is 8. The van der Waals surface area contributed by atoms with Gasteiger partial charge in [0.1, 0.15) is 18.2 Å². The molecule has 1 aliphatic rings. The van der Waals surface area contributed by atoms with Gasteiger partial charge < -0.3 is 19.3 Å². The van der Waals surface area contributed by atoms with Crippen LogP contribution >= 0.6 is 0 Å². The van der Waals surface area contributed by atoms with E-state index in [9.17, 15) is 19.5 Å². The summed E-state index contributed by atoms with van der Waals surface area (Å²) in [5.41, 5.74) is 0. The summed E-state index contributed by atoms with van der Waals surface area (Å²) < 4.78 is 17.6. The lowest BCUT2D eigenvalue weighted by Crippen LogP contribution is -2.38. The average Bonchev–Trinajstić information content (AvgIpc) is 3.58. The minimum Gasteiger partial charge on any atom is -0.465 e. The van der Waals surface area contributed by atoms with E-state index in [0.29, 0.717) is 39.0 Å². The molecule has 0 saturated carbocycles. The van der Waals surface area contributed by atoms with E-state index in [-0.39, 0.29) is 30.1 Å². The molecule has 57 heavy (non-hydrogen) atoms. The van der Waals surface area contributed by atoms with Gasteiger partial charge in [0.25, 0.3) is 0 Å². The van der Waals surface area contributed by atoms with Crippen LogP contribution in [0, 0.1) is 0 Å². The van der Waals surface area contributed by atoms with Crippen LogP contribution in [0.25, 0.3) is 0 Å². The molecule has 8 nitrogen and oxygen atoms in total. The standard InChI is InChI=1S/C49H93NO7/c1-5-9-13-17-20-27-35-45(36-28-21-18-14-10-6-2)57-47(52)37-29-22-19-23-32-40-55-49(54)46-41-43(51)42-50(46)39-31-24-30-38-48(53)56-44(33-25-15-11-7-3)34-26-16-12-8-4/h43-46,51H,5-42H2,1-4H3/t43?,46-/m0/s1. The van der Waals surface area contributed by atoms with Crippen molar-refractivity contribution in [2.24, 2.45) is 0 Å². The number of β-amino-alcohol motifs (C(OH)–C–C–N with tert-alkyl or cyclic N) is 1. The van der Waals surface area contributed by atoms with Gasteiger partial charge in [-0.1, -0.05) is 156 Å². The summed E-state index contributed by atoms with van der Waals surface area (Å²) in [5, 5.41) is 10.3. The summed E-state index contributed by atoms with van der Waals surface area (Å²) in [4.78, 5) is 40.4. The van der Waals surface area contributed by atoms with Crippen LogP contribution in [0.5, 0.6) is 0 Å². The first kappa shape index (κ1) is 53.3. The summed E-state index contributed by atoms with van der Waals surface area (Å²) in [6.45, 7) is 10.5. The molecular weight excluding hydrogens is 715 g/mol. The predicted octanol–water partition coefficient (Wildman–Crippen LogP) is 13.1. The van der Waals surface area contributed by atoms with E-state index in [2.05, 4.69) is 32.6 Å². The summed E-state index contributed by atoms with van der Waals surface area (Å²) in [6, 6.07) is -0.400. The Hall–Kier alpha value is -1.67. The molecule has 0 aliphatic carbocycles. The maximum Gasteiger partial charge on any atom is 0.323 e. The molecule has 336 valence electrons. The van der Waals surface area contributed by atoms with Crippen LogP contribution in [0.4, 0.5) is 0 Å². The Morgan fingerprint density at radius 3 is 1.33 bits per heavy atom. The highest BCUT2D eigenvalue weighted by Crippen LogP contribution is 2.22. The van der Waals surface area contributed by atoms with Gasteiger partial charge in [-0.05, 0) is 83.6 Å². The average molecular weight is 808 g/mol. The molecule has 8 heteroatoms. The summed E-state index contributed by atoms with van der Waals surface area (Å²) in [5.74, 6) is -0.354. The van der Waals surface area contributed by atoms with Gasteiger partial charge in [0.15, 0.2) is 0 Å². The van der Waals surface area contributed by atoms with Crippen molar-refractivity contribution in [1.82, 2.24) is 4.90 Å². The number of nitrogens with zero attached hydrogens (tertiary/aromatic N) is 1. The lowest BCUT2D eigenvalue weighted by atomic mass is 10.0. The molecule has 0 bridgehead atoms. The Morgan fingerprint density at radius 1 is 0.509 bits per heavy atom. The van der Waals surface area contributed by atoms with Crippen molar-refractivity contribution in [3.63, 3.8) is 0 Å². The van der Waals surface area contributed by atoms with E-state index in [4.69, 9.17) is 14.2 Å². The maximum absolute atomic E-state index is 13.0. The van der Waals surface area contributed by atoms with Crippen molar-refractivity contribution in [2.45, 2.75) is 277 Å². The molecule has 1 aliphatic heterocycles. The zero-order valence-electron chi connectivity index (χ0n) is 38.0. The van der Waals surface area contributed by atoms with Crippen LogP contribution in [-0.2, 0) is 28.6 Å². The number of likely N-dealkylation sites (tertiary alicyclic amines) is 1. The molecule has 0 amide bonds. The van der Waals surface area contributed by atoms with E-state index in [1.165, 1.54) is 103 Å². The summed E-state index contributed by atoms with van der Waals surface area (Å²) >= 11 is 0. The summed E-state index contributed by atoms with van der Waals surface area (Å²) in [7, 11) is 0. The van der Waals surface area contributed by atoms with Crippen molar-refractivity contribution < 1.29 is 33.7 Å². The molecule has 0 aromatic heterocycles. The van der Waals surface area contributed by atoms with Crippen LogP contribution in [0.15, 0.2) is 0 Å². The van der Waals surface area contributed by atoms with Gasteiger partial charge in [-0.15, -0.1) is 0 Å². The van der Waals surface area contributed by atoms with Gasteiger partial charge >= 0.3 is 17.9 Å². The first-order chi connectivity index (χ1) is 27.8. The van der Waals surface area contributed by atoms with E-state index in [1.54, 1.807) is 0 Å². The van der Waals surface area contributed by atoms with E-state index < -0.39 is 12.1 Å². The third kappa shape index (κ3) is 31.0. The number of aliphatic hydroxyl groups excluding tert-OH is 1. The predicted molar refractivity (Wildman–Crippen MR) is 236 cm³/mol. The molecule has 1 saturated heterocycles. The number of ether oxygens (including phenoxy) is 3. The molecule has 2 atom stereocenters. The van der Waals surface area contributed by atoms with Crippen molar-refractivity contribution in [2.75, 3.05) is 19.7 Å². The quantitative estimate of drug-likeness (QED) is 0.0370. The van der Waals surface area contributed by atoms with Gasteiger partial charge in [-0.2, -0.15) is 0 Å². The molecule has 1 N–H and O–H groups in total. The van der Waals surface area contributed by atoms with E-state index >= 15 is 0 Å². The van der Waals surface area contributed by atoms with Crippen molar-refractivity contribution in [3.8, 4) is 0 Å². The number of aliphatic hydroxyl groups is 1. The molecule has 0 aromatic rings. The second kappa shape index (κ2) is 38.5. The fourth-order valence-corrected chi connectivity index (χ4v) is 8.22. The Morgan fingerprint density at radius 2 is 0.877 bits per heavy atom. The highest BCUT2D eigenvalue weighted by Gasteiger charge is 2.36. The van der Waals surface area contributed by atoms with Gasteiger partial charge in [0.2, 0.25) is 0 Å². The van der Waals surface area contributed by atoms with Crippen LogP contribution in [0.3, 0.4) is 0 Å². The highest BCUT2D eigenvalue weighted by molar-refractivity contribution is 5.76. The first-order valence-electron chi connectivity index (χ1n) is 24.8. The lowest BCUT2D eigenvalue weighted by Gasteiger charge is -2.22. The normalized spacial score (nSPS) is 15.8. The summed E-state index contributed by atoms with van der Waals surface area (Å²) in [6.07, 6.45) is 36.7. The first-order valence-corrected chi connectivity index (χ1v) is 24.8. The van der Waals surface area contributed by atoms with Gasteiger partial charge in [0.05, 0.1) is 12.7 Å². The topological polar surface area (TPSA) is 102 Å². The lowest BCUT2D eigenvalue weighted by molar-refractivity contribution is -0.151. The fraction of sp³-hybridized carbons (Fsp3) is 0.939. The van der Waals surface area contributed by atoms with Crippen LogP contribution in [0.1, 0.15) is 252 Å². The van der Waals surface area contributed by atoms with Crippen molar-refractivity contribution in [1.29, 1.82) is 0 Å². The SMILES string of the molecule is CCCCCCCCC(CCCCCCCC)OC(=O)CCCCCCCOC(=O)[C@@H]1CC(O)CN1CCCCCC(=O)OC(CCCCCC)CCCCCC. The molecule has 1 fully saturated rings. The number of esters is 3. The second-order valence-corrected chi connectivity index (χ2v) is 17.4. The van der Waals surface area contributed by atoms with Crippen LogP contribution < -0.4 is 0 Å². The van der Waals surface area contributed by atoms with Crippen LogP contribution in [0.2, 0.25) is 0 Å². The minimum atomic E-state index is -0.516. The van der Waals surface area contributed by atoms with E-state index in [1.807, 2.05) is 0 Å². The van der Waals surface area contributed by atoms with Crippen molar-refractivity contribution in [3.05, 3.63) is 0 Å². The number of hydrogen-bond donors (Lipinski definition) is 1. The Labute approximate surface area is 352 Å². The number of carbonyl (C=O) groups is 3. The Balaban J connectivity index is 2.26. The Bertz CT molecular complexity index is 917. The van der Waals surface area contributed by atoms with E-state index in [0.717, 1.165) is 103 Å². The second-order valence-electron chi connectivity index (χ2n) is 17.4. The van der Waals surface area contributed by atoms with Gasteiger partial charge in [-0.25, -0.2) is 0 Å². The molecule has 0 spiro atoms. The molecular formula is C49H93NO7. The third-order valence-corrected chi connectivity index (χ3v) is 11.9. The zero-order valence-corrected chi connectivity index (χ0v) is 38.0. The molecule has 1 heterocycles. The third-order valence-electron chi connectivity index (χ3n) is 11.9. The molecule has 0 radical (unpaired) electrons. The highest BCUT2D eigenvalue weighted by atomic mass is 16.5. The van der Waals surface area contributed by atoms with Crippen molar-refractivity contribution >= 4 is 17.9 Å². The van der Waals surface area contributed by atoms with Gasteiger partial charge in [0, 0.05) is 25.8 Å². The number of unbranched alkanes of at least 4 members (excludes halogenated alkanes) is 22. The van der Waals surface area contributed by atoms with Gasteiger partial charge in [-0.3, -0.25) is 19.3 Å². The fourth-order valence-electron chi connectivity index (χ4n) is 8.22. The number of rotatable bonds is 41. The molecule has 0 aromatic carbocycles. The maximum atomic E-state index is 13.0.